The van der Waals surface area contributed by atoms with Crippen molar-refractivity contribution in [1.82, 2.24) is 25.0 Å². The van der Waals surface area contributed by atoms with E-state index in [9.17, 15) is 8.78 Å². The topological polar surface area (TPSA) is 89.4 Å². The molecule has 0 saturated carbocycles. The first-order valence-electron chi connectivity index (χ1n) is 21.9. The lowest BCUT2D eigenvalue weighted by Crippen LogP contribution is -2.56. The second-order valence-corrected chi connectivity index (χ2v) is 17.4. The molecule has 0 spiro atoms. The number of piperazine rings is 1. The zero-order chi connectivity index (χ0) is 41.0. The summed E-state index contributed by atoms with van der Waals surface area (Å²) in [5.74, 6) is 0.256. The molecule has 3 N–H and O–H groups in total. The van der Waals surface area contributed by atoms with E-state index < -0.39 is 11.6 Å². The van der Waals surface area contributed by atoms with Crippen LogP contribution in [0.5, 0.6) is 0 Å². The Labute approximate surface area is 349 Å². The van der Waals surface area contributed by atoms with Crippen molar-refractivity contribution in [3.63, 3.8) is 0 Å². The number of hydrogen-bond acceptors (Lipinski definition) is 10. The molecule has 3 aromatic rings. The number of aryl methyl sites for hydroxylation is 1. The van der Waals surface area contributed by atoms with Gasteiger partial charge in [-0.3, -0.25) is 19.7 Å². The van der Waals surface area contributed by atoms with Crippen molar-refractivity contribution in [2.45, 2.75) is 83.8 Å². The average molecular weight is 805 g/mol. The summed E-state index contributed by atoms with van der Waals surface area (Å²) in [4.78, 5) is 22.5. The lowest BCUT2D eigenvalue weighted by atomic mass is 9.99. The number of pyridine rings is 1. The van der Waals surface area contributed by atoms with Gasteiger partial charge in [0.1, 0.15) is 11.6 Å². The largest absolute Gasteiger partial charge is 0.391 e. The fourth-order valence-corrected chi connectivity index (χ4v) is 10.0. The Morgan fingerprint density at radius 3 is 2.20 bits per heavy atom. The second-order valence-electron chi connectivity index (χ2n) is 17.4. The van der Waals surface area contributed by atoms with E-state index in [1.54, 1.807) is 0 Å². The highest BCUT2D eigenvalue weighted by Crippen LogP contribution is 2.37. The Bertz CT molecular complexity index is 2040. The van der Waals surface area contributed by atoms with Crippen molar-refractivity contribution < 1.29 is 8.78 Å². The van der Waals surface area contributed by atoms with Crippen molar-refractivity contribution >= 4 is 40.5 Å². The summed E-state index contributed by atoms with van der Waals surface area (Å²) in [7, 11) is 1.94. The molecule has 0 aliphatic carbocycles. The standard InChI is InChI=1S/C47H62F2N10/c1-32-7-5-6-8-43(51-4)42(29-50)45-25-36(23-33(2)52-45)34(3)53-47-54-44-10-9-35(24-46(44)59(47)30-32)31-55-15-11-39(12-16-55)57-19-21-58(22-20-57)40-13-17-56(18-14-40)41-27-37(48)26-38(49)28-41/h9-10,23-29,32,39-40,50-51H,3,5-8,11-22,30-31H2,1-2,4H3,(H,53,54)/b43-42+,50-29?/t32-/m1/s1. The number of allylic oxidation sites excluding steroid dienone is 2. The van der Waals surface area contributed by atoms with Crippen LogP contribution in [-0.4, -0.2) is 110 Å². The predicted octanol–water partition coefficient (Wildman–Crippen LogP) is 7.97. The summed E-state index contributed by atoms with van der Waals surface area (Å²) in [6.07, 6.45) is 10.00. The number of nitrogens with zero attached hydrogens (tertiary/aromatic N) is 7. The quantitative estimate of drug-likeness (QED) is 0.208. The first-order chi connectivity index (χ1) is 28.6. The Hall–Kier alpha value is -4.65. The van der Waals surface area contributed by atoms with Crippen LogP contribution in [0, 0.1) is 29.9 Å². The van der Waals surface area contributed by atoms with E-state index in [-0.39, 0.29) is 0 Å². The molecule has 1 atom stereocenters. The minimum Gasteiger partial charge on any atom is -0.391 e. The highest BCUT2D eigenvalue weighted by molar-refractivity contribution is 6.16. The molecule has 5 aliphatic heterocycles. The highest BCUT2D eigenvalue weighted by atomic mass is 19.1. The van der Waals surface area contributed by atoms with Gasteiger partial charge >= 0.3 is 0 Å². The predicted molar refractivity (Wildman–Crippen MR) is 238 cm³/mol. The summed E-state index contributed by atoms with van der Waals surface area (Å²) < 4.78 is 27.6. The summed E-state index contributed by atoms with van der Waals surface area (Å²) in [5.41, 5.74) is 9.33. The van der Waals surface area contributed by atoms with E-state index in [4.69, 9.17) is 15.4 Å². The minimum atomic E-state index is -0.505. The van der Waals surface area contributed by atoms with E-state index in [1.807, 2.05) is 26.1 Å². The number of likely N-dealkylation sites (tertiary alicyclic amines) is 1. The molecule has 5 aliphatic rings. The lowest BCUT2D eigenvalue weighted by molar-refractivity contribution is 0.0365. The molecule has 314 valence electrons. The molecule has 2 aromatic carbocycles. The highest BCUT2D eigenvalue weighted by Gasteiger charge is 2.33. The number of aromatic nitrogens is 1. The van der Waals surface area contributed by atoms with Crippen LogP contribution in [0.1, 0.15) is 80.8 Å². The third-order valence-electron chi connectivity index (χ3n) is 13.3. The van der Waals surface area contributed by atoms with E-state index in [0.717, 1.165) is 150 Å². The molecule has 0 amide bonds. The normalized spacial score (nSPS) is 24.4. The molecule has 6 heterocycles. The van der Waals surface area contributed by atoms with E-state index in [1.165, 1.54) is 42.4 Å². The summed E-state index contributed by atoms with van der Waals surface area (Å²) in [5, 5.41) is 15.3. The molecule has 0 radical (unpaired) electrons. The van der Waals surface area contributed by atoms with Crippen molar-refractivity contribution in [3.05, 3.63) is 95.0 Å². The SMILES string of the molecule is C=C1/N=C2\Nc3ccc(CN4CCC(N5CCN(C6CCN(c7cc(F)cc(F)c7)CC6)CC5)CC4)cc3N2C[C@H](C)CCCC/C(NC)=C(/C=N)c2cc1cc(C)n2. The Kier molecular flexibility index (Phi) is 12.8. The summed E-state index contributed by atoms with van der Waals surface area (Å²) >= 11 is 0. The number of hydrogen-bond donors (Lipinski definition) is 3. The number of aliphatic imine (C=N–C) groups is 1. The summed E-state index contributed by atoms with van der Waals surface area (Å²) in [6, 6.07) is 15.9. The van der Waals surface area contributed by atoms with Gasteiger partial charge in [0.05, 0.1) is 22.8 Å². The van der Waals surface area contributed by atoms with Crippen molar-refractivity contribution in [2.75, 3.05) is 81.1 Å². The first kappa shape index (κ1) is 41.1. The molecule has 3 saturated heterocycles. The number of benzene rings is 2. The maximum atomic E-state index is 13.8. The van der Waals surface area contributed by atoms with Gasteiger partial charge in [-0.25, -0.2) is 13.8 Å². The van der Waals surface area contributed by atoms with E-state index in [2.05, 4.69) is 66.8 Å². The molecule has 0 unspecified atom stereocenters. The zero-order valence-electron chi connectivity index (χ0n) is 35.2. The minimum absolute atomic E-state index is 0.456. The third kappa shape index (κ3) is 9.55. The number of nitrogens with one attached hydrogen (secondary N) is 3. The van der Waals surface area contributed by atoms with Gasteiger partial charge in [0, 0.05) is 112 Å². The molecular formula is C47H62F2N10. The van der Waals surface area contributed by atoms with Crippen LogP contribution in [0.2, 0.25) is 0 Å². The molecule has 2 bridgehead atoms. The van der Waals surface area contributed by atoms with Gasteiger partial charge in [-0.2, -0.15) is 0 Å². The van der Waals surface area contributed by atoms with Crippen LogP contribution in [-0.2, 0) is 6.54 Å². The fraction of sp³-hybridized carbons (Fsp3) is 0.511. The number of fused-ring (bicyclic) bond motifs is 5. The Balaban J connectivity index is 0.872. The van der Waals surface area contributed by atoms with Crippen LogP contribution < -0.4 is 20.4 Å². The zero-order valence-corrected chi connectivity index (χ0v) is 35.2. The molecule has 12 heteroatoms. The molecule has 1 aromatic heterocycles. The number of piperidine rings is 2. The average Bonchev–Trinajstić information content (AvgIpc) is 3.56. The number of guanidine groups is 1. The Morgan fingerprint density at radius 2 is 1.54 bits per heavy atom. The van der Waals surface area contributed by atoms with E-state index >= 15 is 0 Å². The van der Waals surface area contributed by atoms with Gasteiger partial charge in [0.25, 0.3) is 0 Å². The van der Waals surface area contributed by atoms with Gasteiger partial charge < -0.3 is 25.8 Å². The van der Waals surface area contributed by atoms with Gasteiger partial charge in [-0.1, -0.05) is 26.0 Å². The van der Waals surface area contributed by atoms with Gasteiger partial charge in [0.15, 0.2) is 0 Å². The first-order valence-corrected chi connectivity index (χ1v) is 21.9. The molecular weight excluding hydrogens is 743 g/mol. The second kappa shape index (κ2) is 18.3. The van der Waals surface area contributed by atoms with Crippen LogP contribution in [0.3, 0.4) is 0 Å². The lowest BCUT2D eigenvalue weighted by Gasteiger charge is -2.46. The fourth-order valence-electron chi connectivity index (χ4n) is 10.0. The van der Waals surface area contributed by atoms with Crippen molar-refractivity contribution in [2.24, 2.45) is 10.9 Å². The van der Waals surface area contributed by atoms with Crippen molar-refractivity contribution in [1.29, 1.82) is 5.41 Å². The van der Waals surface area contributed by atoms with Gasteiger partial charge in [-0.15, -0.1) is 0 Å². The molecule has 8 rings (SSSR count). The molecule has 3 fully saturated rings. The monoisotopic (exact) mass is 805 g/mol. The van der Waals surface area contributed by atoms with Gasteiger partial charge in [0.2, 0.25) is 5.96 Å². The number of anilines is 3. The van der Waals surface area contributed by atoms with Crippen LogP contribution >= 0.6 is 0 Å². The van der Waals surface area contributed by atoms with Gasteiger partial charge in [-0.05, 0) is 113 Å². The van der Waals surface area contributed by atoms with Crippen LogP contribution in [0.4, 0.5) is 25.8 Å². The molecule has 59 heavy (non-hydrogen) atoms. The maximum absolute atomic E-state index is 13.8. The Morgan fingerprint density at radius 1 is 0.864 bits per heavy atom. The smallest absolute Gasteiger partial charge is 0.208 e. The van der Waals surface area contributed by atoms with E-state index in [0.29, 0.717) is 29.4 Å². The third-order valence-corrected chi connectivity index (χ3v) is 13.3. The molecule has 10 nitrogen and oxygen atoms in total. The maximum Gasteiger partial charge on any atom is 0.208 e. The van der Waals surface area contributed by atoms with Crippen LogP contribution in [0.15, 0.2) is 65.8 Å². The number of halogens is 2. The number of rotatable bonds is 7. The summed E-state index contributed by atoms with van der Waals surface area (Å²) in [6.45, 7) is 18.9. The van der Waals surface area contributed by atoms with Crippen molar-refractivity contribution in [3.8, 4) is 0 Å². The van der Waals surface area contributed by atoms with Crippen LogP contribution in [0.25, 0.3) is 11.3 Å².